The van der Waals surface area contributed by atoms with Crippen molar-refractivity contribution in [1.29, 1.82) is 0 Å². The fourth-order valence-corrected chi connectivity index (χ4v) is 1.58. The minimum Gasteiger partial charge on any atom is -0.327 e. The Balaban J connectivity index is 4.28. The molecule has 0 bridgehead atoms. The van der Waals surface area contributed by atoms with Gasteiger partial charge in [0.15, 0.2) is 0 Å². The van der Waals surface area contributed by atoms with E-state index in [4.69, 9.17) is 5.73 Å². The third-order valence-electron chi connectivity index (χ3n) is 3.12. The molecule has 1 unspecified atom stereocenters. The van der Waals surface area contributed by atoms with Crippen LogP contribution in [-0.2, 0) is 0 Å². The Labute approximate surface area is 102 Å². The second kappa shape index (κ2) is 5.83. The molecule has 1 atom stereocenters. The molecule has 0 aromatic carbocycles. The number of nitrogens with zero attached hydrogens (tertiary/aromatic N) is 1. The predicted molar refractivity (Wildman–Crippen MR) is 73.6 cm³/mol. The molecule has 0 aromatic heterocycles. The van der Waals surface area contributed by atoms with Crippen molar-refractivity contribution in [2.45, 2.75) is 59.5 Å². The molecule has 0 spiro atoms. The molecule has 2 nitrogen and oxygen atoms in total. The van der Waals surface area contributed by atoms with Crippen LogP contribution in [0.4, 0.5) is 0 Å². The number of hydrogen-bond acceptors (Lipinski definition) is 2. The monoisotopic (exact) mass is 226 g/mol. The zero-order chi connectivity index (χ0) is 13.0. The Morgan fingerprint density at radius 3 is 2.00 bits per heavy atom. The summed E-state index contributed by atoms with van der Waals surface area (Å²) in [4.78, 5) is 2.42. The molecule has 2 heteroatoms. The lowest BCUT2D eigenvalue weighted by molar-refractivity contribution is 0.139. The summed E-state index contributed by atoms with van der Waals surface area (Å²) in [5.74, 6) is 0. The molecule has 0 heterocycles. The summed E-state index contributed by atoms with van der Waals surface area (Å²) in [5.41, 5.74) is 6.56. The van der Waals surface area contributed by atoms with Gasteiger partial charge in [0.25, 0.3) is 0 Å². The zero-order valence-electron chi connectivity index (χ0n) is 12.0. The maximum Gasteiger partial charge on any atom is 0.0165 e. The van der Waals surface area contributed by atoms with Crippen molar-refractivity contribution in [2.75, 3.05) is 13.1 Å². The van der Waals surface area contributed by atoms with Gasteiger partial charge in [-0.3, -0.25) is 4.90 Å². The van der Waals surface area contributed by atoms with Gasteiger partial charge in [0.2, 0.25) is 0 Å². The minimum absolute atomic E-state index is 0.186. The number of hydrogen-bond donors (Lipinski definition) is 1. The zero-order valence-corrected chi connectivity index (χ0v) is 12.0. The SMILES string of the molecule is C=CCN(CCC(N)C(C)(C)C)C(C)(C)C. The van der Waals surface area contributed by atoms with E-state index in [1.807, 2.05) is 6.08 Å². The largest absolute Gasteiger partial charge is 0.327 e. The predicted octanol–water partition coefficient (Wildman–Crippen LogP) is 3.04. The van der Waals surface area contributed by atoms with Gasteiger partial charge in [-0.05, 0) is 32.6 Å². The summed E-state index contributed by atoms with van der Waals surface area (Å²) in [6.45, 7) is 19.1. The Bertz CT molecular complexity index is 208. The first-order valence-electron chi connectivity index (χ1n) is 6.20. The van der Waals surface area contributed by atoms with Gasteiger partial charge in [-0.15, -0.1) is 6.58 Å². The fourth-order valence-electron chi connectivity index (χ4n) is 1.58. The van der Waals surface area contributed by atoms with E-state index in [-0.39, 0.29) is 17.0 Å². The average Bonchev–Trinajstić information content (AvgIpc) is 2.07. The first kappa shape index (κ1) is 15.7. The van der Waals surface area contributed by atoms with E-state index in [0.29, 0.717) is 0 Å². The van der Waals surface area contributed by atoms with Gasteiger partial charge in [0.05, 0.1) is 0 Å². The lowest BCUT2D eigenvalue weighted by Gasteiger charge is -2.37. The fraction of sp³-hybridized carbons (Fsp3) is 0.857. The highest BCUT2D eigenvalue weighted by atomic mass is 15.2. The summed E-state index contributed by atoms with van der Waals surface area (Å²) in [5, 5.41) is 0. The van der Waals surface area contributed by atoms with Crippen LogP contribution in [-0.4, -0.2) is 29.6 Å². The number of rotatable bonds is 5. The molecule has 0 amide bonds. The Morgan fingerprint density at radius 2 is 1.69 bits per heavy atom. The summed E-state index contributed by atoms with van der Waals surface area (Å²) < 4.78 is 0. The molecule has 0 saturated heterocycles. The van der Waals surface area contributed by atoms with Crippen molar-refractivity contribution in [1.82, 2.24) is 4.90 Å². The van der Waals surface area contributed by atoms with Crippen LogP contribution in [0.25, 0.3) is 0 Å². The van der Waals surface area contributed by atoms with Crippen LogP contribution in [0.3, 0.4) is 0 Å². The molecular weight excluding hydrogens is 196 g/mol. The van der Waals surface area contributed by atoms with Crippen molar-refractivity contribution in [3.05, 3.63) is 12.7 Å². The first-order chi connectivity index (χ1) is 7.09. The third kappa shape index (κ3) is 5.66. The van der Waals surface area contributed by atoms with Crippen molar-refractivity contribution in [2.24, 2.45) is 11.1 Å². The van der Waals surface area contributed by atoms with E-state index >= 15 is 0 Å². The van der Waals surface area contributed by atoms with Gasteiger partial charge in [-0.1, -0.05) is 26.8 Å². The van der Waals surface area contributed by atoms with Gasteiger partial charge in [-0.2, -0.15) is 0 Å². The van der Waals surface area contributed by atoms with Crippen molar-refractivity contribution in [3.63, 3.8) is 0 Å². The second-order valence-corrected chi connectivity index (χ2v) is 6.67. The van der Waals surface area contributed by atoms with Gasteiger partial charge >= 0.3 is 0 Å². The smallest absolute Gasteiger partial charge is 0.0165 e. The molecule has 0 aliphatic carbocycles. The molecule has 0 rings (SSSR count). The van der Waals surface area contributed by atoms with Crippen LogP contribution in [0.2, 0.25) is 0 Å². The van der Waals surface area contributed by atoms with E-state index in [2.05, 4.69) is 53.0 Å². The highest BCUT2D eigenvalue weighted by Crippen LogP contribution is 2.21. The van der Waals surface area contributed by atoms with Crippen molar-refractivity contribution < 1.29 is 0 Å². The highest BCUT2D eigenvalue weighted by Gasteiger charge is 2.24. The van der Waals surface area contributed by atoms with Crippen molar-refractivity contribution >= 4 is 0 Å². The normalized spacial score (nSPS) is 15.2. The van der Waals surface area contributed by atoms with Crippen LogP contribution >= 0.6 is 0 Å². The number of nitrogens with two attached hydrogens (primary N) is 1. The molecule has 0 aliphatic heterocycles. The van der Waals surface area contributed by atoms with Gasteiger partial charge in [-0.25, -0.2) is 0 Å². The maximum absolute atomic E-state index is 6.19. The Kier molecular flexibility index (Phi) is 5.71. The van der Waals surface area contributed by atoms with E-state index < -0.39 is 0 Å². The molecule has 0 aromatic rings. The molecule has 2 N–H and O–H groups in total. The van der Waals surface area contributed by atoms with Gasteiger partial charge < -0.3 is 5.73 Å². The molecule has 0 radical (unpaired) electrons. The molecule has 96 valence electrons. The minimum atomic E-state index is 0.186. The summed E-state index contributed by atoms with van der Waals surface area (Å²) in [6, 6.07) is 0.252. The summed E-state index contributed by atoms with van der Waals surface area (Å²) >= 11 is 0. The lowest BCUT2D eigenvalue weighted by atomic mass is 9.85. The summed E-state index contributed by atoms with van der Waals surface area (Å²) in [7, 11) is 0. The highest BCUT2D eigenvalue weighted by molar-refractivity contribution is 4.85. The van der Waals surface area contributed by atoms with E-state index in [9.17, 15) is 0 Å². The quantitative estimate of drug-likeness (QED) is 0.730. The van der Waals surface area contributed by atoms with E-state index in [1.54, 1.807) is 0 Å². The maximum atomic E-state index is 6.19. The van der Waals surface area contributed by atoms with Crippen LogP contribution in [0, 0.1) is 5.41 Å². The van der Waals surface area contributed by atoms with Gasteiger partial charge in [0.1, 0.15) is 0 Å². The average molecular weight is 226 g/mol. The molecule has 0 fully saturated rings. The third-order valence-corrected chi connectivity index (χ3v) is 3.12. The topological polar surface area (TPSA) is 29.3 Å². The molecule has 16 heavy (non-hydrogen) atoms. The van der Waals surface area contributed by atoms with Crippen LogP contribution < -0.4 is 5.73 Å². The van der Waals surface area contributed by atoms with Crippen LogP contribution in [0.5, 0.6) is 0 Å². The van der Waals surface area contributed by atoms with E-state index in [0.717, 1.165) is 19.5 Å². The van der Waals surface area contributed by atoms with Gasteiger partial charge in [0, 0.05) is 24.7 Å². The van der Waals surface area contributed by atoms with Crippen molar-refractivity contribution in [3.8, 4) is 0 Å². The van der Waals surface area contributed by atoms with Crippen LogP contribution in [0.1, 0.15) is 48.0 Å². The standard InChI is InChI=1S/C14H30N2/c1-8-10-16(14(5,6)7)11-9-12(15)13(2,3)4/h8,12H,1,9-11,15H2,2-7H3. The lowest BCUT2D eigenvalue weighted by Crippen LogP contribution is -2.45. The summed E-state index contributed by atoms with van der Waals surface area (Å²) in [6.07, 6.45) is 3.00. The molecule has 0 saturated carbocycles. The molecule has 0 aliphatic rings. The Hall–Kier alpha value is -0.340. The van der Waals surface area contributed by atoms with E-state index in [1.165, 1.54) is 0 Å². The first-order valence-corrected chi connectivity index (χ1v) is 6.20. The Morgan fingerprint density at radius 1 is 1.19 bits per heavy atom. The molecular formula is C14H30N2. The second-order valence-electron chi connectivity index (χ2n) is 6.67. The van der Waals surface area contributed by atoms with Crippen LogP contribution in [0.15, 0.2) is 12.7 Å².